The summed E-state index contributed by atoms with van der Waals surface area (Å²) in [5, 5.41) is 16.6. The summed E-state index contributed by atoms with van der Waals surface area (Å²) in [4.78, 5) is 58.7. The molecule has 12 nitrogen and oxygen atoms in total. The molecule has 54 heavy (non-hydrogen) atoms. The van der Waals surface area contributed by atoms with Crippen LogP contribution < -0.4 is 26.8 Å². The zero-order valence-electron chi connectivity index (χ0n) is 32.5. The van der Waals surface area contributed by atoms with E-state index in [9.17, 15) is 24.3 Å². The summed E-state index contributed by atoms with van der Waals surface area (Å²) in [6, 6.07) is 11.7. The maximum Gasteiger partial charge on any atom is 0.246 e. The number of likely N-dealkylation sites (tertiary alicyclic amines) is 1. The molecule has 2 aromatic carbocycles. The fourth-order valence-corrected chi connectivity index (χ4v) is 7.42. The van der Waals surface area contributed by atoms with Crippen LogP contribution in [0.3, 0.4) is 0 Å². The Morgan fingerprint density at radius 3 is 2.41 bits per heavy atom. The van der Waals surface area contributed by atoms with Crippen LogP contribution in [-0.4, -0.2) is 76.0 Å². The maximum absolute atomic E-state index is 14.0. The van der Waals surface area contributed by atoms with Crippen molar-refractivity contribution in [2.45, 2.75) is 123 Å². The average Bonchev–Trinajstić information content (AvgIpc) is 3.74. The quantitative estimate of drug-likeness (QED) is 0.113. The topological polar surface area (TPSA) is 190 Å². The number of nitrogens with one attached hydrogen (secondary N) is 2. The molecule has 1 fully saturated rings. The molecule has 1 aliphatic rings. The molecule has 0 bridgehead atoms. The van der Waals surface area contributed by atoms with E-state index in [2.05, 4.69) is 21.7 Å². The van der Waals surface area contributed by atoms with E-state index >= 15 is 0 Å². The maximum atomic E-state index is 14.0. The number of benzene rings is 2. The van der Waals surface area contributed by atoms with Crippen LogP contribution in [0.25, 0.3) is 10.4 Å². The Labute approximate surface area is 323 Å². The van der Waals surface area contributed by atoms with Crippen LogP contribution in [0.4, 0.5) is 0 Å². The van der Waals surface area contributed by atoms with Crippen molar-refractivity contribution < 1.29 is 29.0 Å². The lowest BCUT2D eigenvalue weighted by Crippen LogP contribution is -2.57. The van der Waals surface area contributed by atoms with Crippen LogP contribution in [0.5, 0.6) is 5.75 Å². The largest absolute Gasteiger partial charge is 0.492 e. The predicted octanol–water partition coefficient (Wildman–Crippen LogP) is 4.87. The molecule has 1 aromatic heterocycles. The van der Waals surface area contributed by atoms with Crippen molar-refractivity contribution in [3.05, 3.63) is 70.4 Å². The Morgan fingerprint density at radius 1 is 1.04 bits per heavy atom. The van der Waals surface area contributed by atoms with Crippen molar-refractivity contribution in [2.75, 3.05) is 13.2 Å². The monoisotopic (exact) mass is 762 g/mol. The molecule has 0 aliphatic carbocycles. The molecule has 2 heterocycles. The molecule has 4 amide bonds. The fraction of sp³-hybridized carbons (Fsp3) is 0.537. The first kappa shape index (κ1) is 42.4. The van der Waals surface area contributed by atoms with E-state index in [1.807, 2.05) is 83.5 Å². The van der Waals surface area contributed by atoms with Crippen molar-refractivity contribution in [1.82, 2.24) is 20.5 Å². The third kappa shape index (κ3) is 12.1. The number of hydrogen-bond acceptors (Lipinski definition) is 9. The summed E-state index contributed by atoms with van der Waals surface area (Å²) in [5.41, 5.74) is 17.5. The van der Waals surface area contributed by atoms with Crippen molar-refractivity contribution in [3.8, 4) is 16.2 Å². The van der Waals surface area contributed by atoms with Gasteiger partial charge in [-0.1, -0.05) is 63.6 Å². The molecule has 7 N–H and O–H groups in total. The zero-order chi connectivity index (χ0) is 39.6. The number of β-amino-alcohol motifs (C(OH)–C–C–N with tert-alkyl or cyclic N) is 1. The van der Waals surface area contributed by atoms with Crippen LogP contribution in [0.15, 0.2) is 48.0 Å². The number of carbonyl (C=O) groups is 4. The first-order chi connectivity index (χ1) is 25.5. The average molecular weight is 763 g/mol. The van der Waals surface area contributed by atoms with Crippen molar-refractivity contribution in [3.63, 3.8) is 0 Å². The third-order valence-electron chi connectivity index (χ3n) is 9.90. The second kappa shape index (κ2) is 19.3. The smallest absolute Gasteiger partial charge is 0.246 e. The summed E-state index contributed by atoms with van der Waals surface area (Å²) in [6.45, 7) is 11.8. The molecule has 294 valence electrons. The first-order valence-corrected chi connectivity index (χ1v) is 19.8. The van der Waals surface area contributed by atoms with Crippen LogP contribution in [-0.2, 0) is 25.6 Å². The molecule has 1 saturated heterocycles. The van der Waals surface area contributed by atoms with E-state index in [0.717, 1.165) is 57.8 Å². The third-order valence-corrected chi connectivity index (χ3v) is 10.9. The highest BCUT2D eigenvalue weighted by Gasteiger charge is 2.44. The van der Waals surface area contributed by atoms with Gasteiger partial charge < -0.3 is 36.8 Å². The molecule has 3 aromatic rings. The summed E-state index contributed by atoms with van der Waals surface area (Å²) < 4.78 is 5.93. The number of aromatic nitrogens is 1. The Bertz CT molecular complexity index is 1740. The zero-order valence-corrected chi connectivity index (χ0v) is 33.3. The molecule has 13 heteroatoms. The predicted molar refractivity (Wildman–Crippen MR) is 212 cm³/mol. The minimum Gasteiger partial charge on any atom is -0.492 e. The van der Waals surface area contributed by atoms with Crippen LogP contribution >= 0.6 is 11.3 Å². The molecular formula is C41H58N6O6S. The Hall–Kier alpha value is -4.33. The second-order valence-corrected chi connectivity index (χ2v) is 16.5. The number of ether oxygens (including phenoxy) is 1. The number of amides is 4. The van der Waals surface area contributed by atoms with Crippen LogP contribution in [0.2, 0.25) is 0 Å². The van der Waals surface area contributed by atoms with Gasteiger partial charge in [-0.05, 0) is 80.2 Å². The number of rotatable bonds is 18. The Kier molecular flexibility index (Phi) is 15.2. The lowest BCUT2D eigenvalue weighted by molar-refractivity contribution is -0.144. The number of aliphatic hydroxyl groups excluding tert-OH is 1. The molecule has 1 aliphatic heterocycles. The molecule has 5 atom stereocenters. The number of primary amides is 1. The van der Waals surface area contributed by atoms with Gasteiger partial charge >= 0.3 is 0 Å². The summed E-state index contributed by atoms with van der Waals surface area (Å²) >= 11 is 1.58. The minimum absolute atomic E-state index is 0.0184. The van der Waals surface area contributed by atoms with Gasteiger partial charge in [0.05, 0.1) is 28.2 Å². The van der Waals surface area contributed by atoms with Gasteiger partial charge in [0.1, 0.15) is 24.4 Å². The van der Waals surface area contributed by atoms with Crippen LogP contribution in [0.1, 0.15) is 101 Å². The number of carbonyl (C=O) groups excluding carboxylic acids is 4. The summed E-state index contributed by atoms with van der Waals surface area (Å²) in [6.07, 6.45) is 3.37. The van der Waals surface area contributed by atoms with Gasteiger partial charge in [0.25, 0.3) is 0 Å². The fourth-order valence-electron chi connectivity index (χ4n) is 6.60. The minimum atomic E-state index is -0.874. The first-order valence-electron chi connectivity index (χ1n) is 18.9. The normalized spacial score (nSPS) is 17.4. The van der Waals surface area contributed by atoms with E-state index in [4.69, 9.17) is 16.2 Å². The lowest BCUT2D eigenvalue weighted by atomic mass is 9.85. The Morgan fingerprint density at radius 2 is 1.76 bits per heavy atom. The number of nitrogens with two attached hydrogens (primary N) is 2. The van der Waals surface area contributed by atoms with Crippen molar-refractivity contribution in [2.24, 2.45) is 16.9 Å². The molecule has 0 saturated carbocycles. The highest BCUT2D eigenvalue weighted by molar-refractivity contribution is 7.13. The standard InChI is InChI=1S/C41H58N6O6S/c1-25-12-13-28(20-34(25)53-23-31(42)18-19-35(43)49)10-8-7-9-11-36(50)46-38(41(4,5)6)40(52)47-22-32(48)21-33(47)39(51)45-26(2)29-14-16-30(17-15-29)37-27(3)44-24-54-37/h12-17,20,24,26,31-33,38,48H,7-11,18-19,21-23,42H2,1-6H3,(H2,43,49)(H,45,51)(H,46,50)/t26-,31-,32+,33-,38+/m0/s1. The van der Waals surface area contributed by atoms with E-state index in [0.29, 0.717) is 19.4 Å². The van der Waals surface area contributed by atoms with Gasteiger partial charge in [0.15, 0.2) is 0 Å². The van der Waals surface area contributed by atoms with Gasteiger partial charge in [-0.3, -0.25) is 19.2 Å². The van der Waals surface area contributed by atoms with E-state index < -0.39 is 23.6 Å². The second-order valence-electron chi connectivity index (χ2n) is 15.6. The number of unbranched alkanes of at least 4 members (excludes halogenated alkanes) is 2. The highest BCUT2D eigenvalue weighted by atomic mass is 32.1. The molecule has 0 unspecified atom stereocenters. The molecule has 0 spiro atoms. The molecule has 4 rings (SSSR count). The SMILES string of the molecule is Cc1ccc(CCCCCC(=O)N[C@H](C(=O)N2C[C@H](O)C[C@H]2C(=O)N[C@@H](C)c2ccc(-c3scnc3C)cc2)C(C)(C)C)cc1OC[C@@H](N)CCC(N)=O. The van der Waals surface area contributed by atoms with E-state index in [1.54, 1.807) is 11.3 Å². The number of aryl methyl sites for hydroxylation is 3. The van der Waals surface area contributed by atoms with Gasteiger partial charge in [0.2, 0.25) is 23.6 Å². The number of aliphatic hydroxyl groups is 1. The van der Waals surface area contributed by atoms with Gasteiger partial charge in [-0.15, -0.1) is 11.3 Å². The summed E-state index contributed by atoms with van der Waals surface area (Å²) in [5.74, 6) is -0.575. The Balaban J connectivity index is 1.27. The molecule has 0 radical (unpaired) electrons. The highest BCUT2D eigenvalue weighted by Crippen LogP contribution is 2.30. The molecular weight excluding hydrogens is 705 g/mol. The van der Waals surface area contributed by atoms with Crippen molar-refractivity contribution >= 4 is 35.0 Å². The number of nitrogens with zero attached hydrogens (tertiary/aromatic N) is 2. The number of thiazole rings is 1. The number of hydrogen-bond donors (Lipinski definition) is 5. The van der Waals surface area contributed by atoms with E-state index in [1.165, 1.54) is 4.90 Å². The lowest BCUT2D eigenvalue weighted by Gasteiger charge is -2.35. The summed E-state index contributed by atoms with van der Waals surface area (Å²) in [7, 11) is 0. The van der Waals surface area contributed by atoms with E-state index in [-0.39, 0.29) is 61.5 Å². The van der Waals surface area contributed by atoms with Crippen molar-refractivity contribution in [1.29, 1.82) is 0 Å². The van der Waals surface area contributed by atoms with Gasteiger partial charge in [0, 0.05) is 31.8 Å². The van der Waals surface area contributed by atoms with Gasteiger partial charge in [-0.2, -0.15) is 0 Å². The van der Waals surface area contributed by atoms with Gasteiger partial charge in [-0.25, -0.2) is 4.98 Å². The van der Waals surface area contributed by atoms with Crippen LogP contribution in [0, 0.1) is 19.3 Å².